The summed E-state index contributed by atoms with van der Waals surface area (Å²) in [6.07, 6.45) is 0. The number of benzene rings is 2. The van der Waals surface area contributed by atoms with Gasteiger partial charge in [0.25, 0.3) is 0 Å². The minimum atomic E-state index is -0.568. The maximum Gasteiger partial charge on any atom is 0.166 e. The Balaban J connectivity index is 2.31. The lowest BCUT2D eigenvalue weighted by Gasteiger charge is -2.10. The molecular weight excluding hydrogens is 267 g/mol. The number of nitrogens with two attached hydrogens (primary N) is 1. The highest BCUT2D eigenvalue weighted by molar-refractivity contribution is 6.30. The van der Waals surface area contributed by atoms with Crippen LogP contribution in [0.3, 0.4) is 0 Å². The first-order valence-corrected chi connectivity index (χ1v) is 5.93. The van der Waals surface area contributed by atoms with Crippen molar-refractivity contribution in [1.82, 2.24) is 0 Å². The van der Waals surface area contributed by atoms with Crippen LogP contribution >= 0.6 is 11.6 Å². The average molecular weight is 279 g/mol. The Kier molecular flexibility index (Phi) is 3.71. The van der Waals surface area contributed by atoms with Crippen LogP contribution in [0.5, 0.6) is 11.5 Å². The van der Waals surface area contributed by atoms with Crippen molar-refractivity contribution in [3.8, 4) is 11.5 Å². The maximum absolute atomic E-state index is 13.8. The van der Waals surface area contributed by atoms with Crippen LogP contribution < -0.4 is 10.5 Å². The Hall–Kier alpha value is -2.07. The third-order valence-electron chi connectivity index (χ3n) is 2.60. The highest BCUT2D eigenvalue weighted by atomic mass is 35.5. The van der Waals surface area contributed by atoms with Crippen LogP contribution in [0, 0.1) is 18.2 Å². The second-order valence-corrected chi connectivity index (χ2v) is 4.51. The van der Waals surface area contributed by atoms with Crippen molar-refractivity contribution in [1.29, 1.82) is 5.41 Å². The van der Waals surface area contributed by atoms with E-state index in [-0.39, 0.29) is 11.6 Å². The molecule has 0 bridgehead atoms. The summed E-state index contributed by atoms with van der Waals surface area (Å²) < 4.78 is 19.3. The molecule has 0 radical (unpaired) electrons. The molecule has 2 aromatic carbocycles. The minimum absolute atomic E-state index is 0.0791. The van der Waals surface area contributed by atoms with E-state index >= 15 is 0 Å². The molecule has 5 heteroatoms. The molecule has 0 aromatic heterocycles. The van der Waals surface area contributed by atoms with E-state index in [0.29, 0.717) is 16.3 Å². The van der Waals surface area contributed by atoms with Crippen LogP contribution in [0.2, 0.25) is 5.02 Å². The SMILES string of the molecule is Cc1cc(Cl)ccc1Oc1ccc(C(=N)N)cc1F. The molecule has 0 amide bonds. The number of hydrogen-bond acceptors (Lipinski definition) is 2. The summed E-state index contributed by atoms with van der Waals surface area (Å²) in [6.45, 7) is 1.82. The molecule has 0 aliphatic carbocycles. The van der Waals surface area contributed by atoms with Gasteiger partial charge in [-0.3, -0.25) is 5.41 Å². The largest absolute Gasteiger partial charge is 0.454 e. The lowest BCUT2D eigenvalue weighted by Crippen LogP contribution is -2.11. The smallest absolute Gasteiger partial charge is 0.166 e. The standard InChI is InChI=1S/C14H12ClFN2O/c1-8-6-10(15)3-5-12(8)19-13-4-2-9(14(17)18)7-11(13)16/h2-7H,1H3,(H3,17,18). The van der Waals surface area contributed by atoms with E-state index in [9.17, 15) is 4.39 Å². The van der Waals surface area contributed by atoms with Gasteiger partial charge in [0.1, 0.15) is 11.6 Å². The van der Waals surface area contributed by atoms with E-state index in [2.05, 4.69) is 0 Å². The monoisotopic (exact) mass is 278 g/mol. The van der Waals surface area contributed by atoms with Crippen molar-refractivity contribution in [2.45, 2.75) is 6.92 Å². The van der Waals surface area contributed by atoms with Gasteiger partial charge >= 0.3 is 0 Å². The molecule has 0 saturated heterocycles. The minimum Gasteiger partial charge on any atom is -0.454 e. The molecule has 0 saturated carbocycles. The molecule has 0 spiro atoms. The number of halogens is 2. The van der Waals surface area contributed by atoms with Crippen LogP contribution in [-0.2, 0) is 0 Å². The molecule has 0 heterocycles. The van der Waals surface area contributed by atoms with Crippen LogP contribution in [0.1, 0.15) is 11.1 Å². The summed E-state index contributed by atoms with van der Waals surface area (Å²) in [5.74, 6) is -0.149. The van der Waals surface area contributed by atoms with Crippen molar-refractivity contribution in [2.24, 2.45) is 5.73 Å². The fourth-order valence-electron chi connectivity index (χ4n) is 1.60. The zero-order valence-electron chi connectivity index (χ0n) is 10.2. The van der Waals surface area contributed by atoms with Gasteiger partial charge in [0.2, 0.25) is 0 Å². The van der Waals surface area contributed by atoms with Crippen molar-refractivity contribution < 1.29 is 9.13 Å². The van der Waals surface area contributed by atoms with Gasteiger partial charge in [-0.25, -0.2) is 4.39 Å². The first-order chi connectivity index (χ1) is 8.97. The third kappa shape index (κ3) is 3.03. The van der Waals surface area contributed by atoms with Crippen LogP contribution in [0.15, 0.2) is 36.4 Å². The normalized spacial score (nSPS) is 10.3. The predicted octanol–water partition coefficient (Wildman–Crippen LogP) is 3.86. The molecule has 3 nitrogen and oxygen atoms in total. The number of nitrogens with one attached hydrogen (secondary N) is 1. The molecule has 0 aliphatic heterocycles. The number of ether oxygens (including phenoxy) is 1. The van der Waals surface area contributed by atoms with E-state index in [1.807, 2.05) is 6.92 Å². The molecule has 2 rings (SSSR count). The zero-order valence-corrected chi connectivity index (χ0v) is 11.0. The van der Waals surface area contributed by atoms with Gasteiger partial charge in [-0.05, 0) is 48.9 Å². The Bertz CT molecular complexity index is 643. The third-order valence-corrected chi connectivity index (χ3v) is 2.83. The van der Waals surface area contributed by atoms with Gasteiger partial charge in [-0.15, -0.1) is 0 Å². The van der Waals surface area contributed by atoms with E-state index in [4.69, 9.17) is 27.5 Å². The summed E-state index contributed by atoms with van der Waals surface area (Å²) in [7, 11) is 0. The Morgan fingerprint density at radius 1 is 1.21 bits per heavy atom. The zero-order chi connectivity index (χ0) is 14.0. The first-order valence-electron chi connectivity index (χ1n) is 5.55. The summed E-state index contributed by atoms with van der Waals surface area (Å²) in [5.41, 5.74) is 6.41. The van der Waals surface area contributed by atoms with Gasteiger partial charge in [-0.1, -0.05) is 11.6 Å². The van der Waals surface area contributed by atoms with E-state index in [1.165, 1.54) is 18.2 Å². The second kappa shape index (κ2) is 5.28. The van der Waals surface area contributed by atoms with Crippen LogP contribution in [-0.4, -0.2) is 5.84 Å². The quantitative estimate of drug-likeness (QED) is 0.661. The molecule has 3 N–H and O–H groups in total. The summed E-state index contributed by atoms with van der Waals surface area (Å²) in [6, 6.07) is 9.23. The Labute approximate surface area is 115 Å². The molecule has 98 valence electrons. The molecule has 2 aromatic rings. The topological polar surface area (TPSA) is 59.1 Å². The second-order valence-electron chi connectivity index (χ2n) is 4.07. The number of nitrogen functional groups attached to an aromatic ring is 1. The van der Waals surface area contributed by atoms with Gasteiger partial charge in [0.15, 0.2) is 11.6 Å². The molecule has 19 heavy (non-hydrogen) atoms. The number of amidine groups is 1. The molecule has 0 atom stereocenters. The lowest BCUT2D eigenvalue weighted by molar-refractivity contribution is 0.439. The number of rotatable bonds is 3. The molecule has 0 aliphatic rings. The molecular formula is C14H12ClFN2O. The van der Waals surface area contributed by atoms with Crippen molar-refractivity contribution in [2.75, 3.05) is 0 Å². The van der Waals surface area contributed by atoms with E-state index in [1.54, 1.807) is 18.2 Å². The summed E-state index contributed by atoms with van der Waals surface area (Å²) in [5, 5.41) is 7.83. The lowest BCUT2D eigenvalue weighted by atomic mass is 10.2. The number of aryl methyl sites for hydroxylation is 1. The van der Waals surface area contributed by atoms with Gasteiger partial charge in [0.05, 0.1) is 0 Å². The average Bonchev–Trinajstić information content (AvgIpc) is 2.34. The van der Waals surface area contributed by atoms with Crippen molar-refractivity contribution >= 4 is 17.4 Å². The van der Waals surface area contributed by atoms with Gasteiger partial charge in [0, 0.05) is 10.6 Å². The Morgan fingerprint density at radius 3 is 2.47 bits per heavy atom. The Morgan fingerprint density at radius 2 is 1.89 bits per heavy atom. The van der Waals surface area contributed by atoms with Crippen LogP contribution in [0.4, 0.5) is 4.39 Å². The fourth-order valence-corrected chi connectivity index (χ4v) is 1.82. The predicted molar refractivity (Wildman–Crippen MR) is 73.7 cm³/mol. The highest BCUT2D eigenvalue weighted by Gasteiger charge is 2.09. The number of hydrogen-bond donors (Lipinski definition) is 2. The fraction of sp³-hybridized carbons (Fsp3) is 0.0714. The van der Waals surface area contributed by atoms with Crippen molar-refractivity contribution in [3.05, 3.63) is 58.4 Å². The van der Waals surface area contributed by atoms with Crippen molar-refractivity contribution in [3.63, 3.8) is 0 Å². The van der Waals surface area contributed by atoms with E-state index in [0.717, 1.165) is 5.56 Å². The summed E-state index contributed by atoms with van der Waals surface area (Å²) >= 11 is 5.84. The van der Waals surface area contributed by atoms with Gasteiger partial charge < -0.3 is 10.5 Å². The molecule has 0 fully saturated rings. The van der Waals surface area contributed by atoms with Crippen LogP contribution in [0.25, 0.3) is 0 Å². The van der Waals surface area contributed by atoms with Gasteiger partial charge in [-0.2, -0.15) is 0 Å². The molecule has 0 unspecified atom stereocenters. The van der Waals surface area contributed by atoms with E-state index < -0.39 is 5.82 Å². The first kappa shape index (κ1) is 13.4. The maximum atomic E-state index is 13.8. The summed E-state index contributed by atoms with van der Waals surface area (Å²) in [4.78, 5) is 0. The highest BCUT2D eigenvalue weighted by Crippen LogP contribution is 2.29.